The van der Waals surface area contributed by atoms with E-state index in [1.165, 1.54) is 0 Å². The summed E-state index contributed by atoms with van der Waals surface area (Å²) in [5.41, 5.74) is 0. The van der Waals surface area contributed by atoms with Gasteiger partial charge in [0, 0.05) is 0 Å². The molecule has 0 radical (unpaired) electrons. The predicted octanol–water partition coefficient (Wildman–Crippen LogP) is 0.945. The Labute approximate surface area is 243 Å². The Hall–Kier alpha value is 0.600. The molecule has 0 aromatic rings. The Kier molecular flexibility index (Phi) is 12.1. The quantitative estimate of drug-likeness (QED) is 0.167. The van der Waals surface area contributed by atoms with Gasteiger partial charge in [0.25, 0.3) is 0 Å². The summed E-state index contributed by atoms with van der Waals surface area (Å²) in [6, 6.07) is 0. The van der Waals surface area contributed by atoms with Crippen molar-refractivity contribution in [3.8, 4) is 0 Å². The van der Waals surface area contributed by atoms with Crippen LogP contribution in [-0.2, 0) is 14.2 Å². The average molecular weight is 649 g/mol. The first-order valence-electron chi connectivity index (χ1n) is 11.3. The molecule has 0 aromatic heterocycles. The zero-order valence-electron chi connectivity index (χ0n) is 18.9. The number of hydrogen-bond acceptors (Lipinski definition) is 9. The number of hydrogen-bond donors (Lipinski definition) is 6. The highest BCUT2D eigenvalue weighted by Gasteiger charge is 2.46. The van der Waals surface area contributed by atoms with Crippen molar-refractivity contribution in [3.63, 3.8) is 0 Å². The number of alkyl halides is 6. The van der Waals surface area contributed by atoms with Crippen molar-refractivity contribution in [1.29, 1.82) is 0 Å². The lowest BCUT2D eigenvalue weighted by Gasteiger charge is -2.34. The van der Waals surface area contributed by atoms with E-state index >= 15 is 0 Å². The lowest BCUT2D eigenvalue weighted by molar-refractivity contribution is -0.118. The molecule has 37 heavy (non-hydrogen) atoms. The predicted molar refractivity (Wildman–Crippen MR) is 140 cm³/mol. The molecule has 0 aliphatic carbocycles. The average Bonchev–Trinajstić information content (AvgIpc) is 3.61. The lowest BCUT2D eigenvalue weighted by atomic mass is 10.0. The second-order valence-electron chi connectivity index (χ2n) is 8.87. The third-order valence-corrected chi connectivity index (χ3v) is 7.94. The second kappa shape index (κ2) is 14.0. The van der Waals surface area contributed by atoms with Crippen LogP contribution in [0.2, 0.25) is 0 Å². The molecule has 0 spiro atoms. The summed E-state index contributed by atoms with van der Waals surface area (Å²) in [7, 11) is 0. The van der Waals surface area contributed by atoms with Crippen LogP contribution in [0.4, 0.5) is 0 Å². The molecule has 6 aliphatic heterocycles. The molecule has 6 bridgehead atoms. The lowest BCUT2D eigenvalue weighted by Crippen LogP contribution is -2.51. The van der Waals surface area contributed by atoms with Crippen LogP contribution >= 0.6 is 69.6 Å². The maximum Gasteiger partial charge on any atom is 0.180 e. The Balaban J connectivity index is 0.000000144. The number of ether oxygens (including phenoxy) is 3. The van der Waals surface area contributed by atoms with Crippen LogP contribution in [0, 0.1) is 0 Å². The number of halogens is 6. The fraction of sp³-hybridized carbons (Fsp3) is 0.727. The Morgan fingerprint density at radius 1 is 0.405 bits per heavy atom. The summed E-state index contributed by atoms with van der Waals surface area (Å²) in [6.45, 7) is 0. The van der Waals surface area contributed by atoms with Crippen LogP contribution < -0.4 is 0 Å². The van der Waals surface area contributed by atoms with Crippen LogP contribution in [0.15, 0.2) is 36.5 Å². The molecule has 15 heteroatoms. The van der Waals surface area contributed by atoms with Crippen LogP contribution in [0.25, 0.3) is 0 Å². The standard InChI is InChI=1S/3C7H9ClO3.CHCl3/c3*8-5-6(9)3-1-2-4(11-3)7(5)10;2-1(3)4/h3*1-7,9-10H;1H/t3*3-,4+,5?,6+,7-;. The van der Waals surface area contributed by atoms with Crippen molar-refractivity contribution in [2.75, 3.05) is 0 Å². The monoisotopic (exact) mass is 646 g/mol. The van der Waals surface area contributed by atoms with Crippen molar-refractivity contribution in [1.82, 2.24) is 0 Å². The minimum absolute atomic E-state index is 0.328. The largest absolute Gasteiger partial charge is 0.388 e. The van der Waals surface area contributed by atoms with E-state index in [2.05, 4.69) is 0 Å². The highest BCUT2D eigenvalue weighted by molar-refractivity contribution is 6.63. The third-order valence-electron chi connectivity index (χ3n) is 6.39. The van der Waals surface area contributed by atoms with Gasteiger partial charge in [0.2, 0.25) is 0 Å². The molecule has 3 unspecified atom stereocenters. The molecule has 6 aliphatic rings. The molecule has 212 valence electrons. The van der Waals surface area contributed by atoms with E-state index in [1.54, 1.807) is 36.5 Å². The fourth-order valence-electron chi connectivity index (χ4n) is 4.33. The van der Waals surface area contributed by atoms with Gasteiger partial charge in [-0.2, -0.15) is 0 Å². The van der Waals surface area contributed by atoms with Gasteiger partial charge in [0.1, 0.15) is 73.2 Å². The molecule has 6 rings (SSSR count). The first-order valence-corrected chi connectivity index (χ1v) is 13.9. The molecule has 3 saturated heterocycles. The molecule has 6 N–H and O–H groups in total. The number of rotatable bonds is 0. The van der Waals surface area contributed by atoms with Gasteiger partial charge in [0.05, 0.1) is 16.1 Å². The highest BCUT2D eigenvalue weighted by Crippen LogP contribution is 2.32. The molecular formula is C22H28Cl6O9. The van der Waals surface area contributed by atoms with E-state index in [-0.39, 0.29) is 36.6 Å². The summed E-state index contributed by atoms with van der Waals surface area (Å²) in [5, 5.41) is 54.3. The van der Waals surface area contributed by atoms with Crippen molar-refractivity contribution < 1.29 is 44.8 Å². The summed E-state index contributed by atoms with van der Waals surface area (Å²) in [4.78, 5) is 0. The minimum Gasteiger partial charge on any atom is -0.388 e. The molecular weight excluding hydrogens is 621 g/mol. The van der Waals surface area contributed by atoms with Crippen LogP contribution in [-0.4, -0.2) is 124 Å². The zero-order chi connectivity index (χ0) is 27.6. The number of fused-ring (bicyclic) bond motifs is 6. The molecule has 15 atom stereocenters. The van der Waals surface area contributed by atoms with Gasteiger partial charge in [-0.3, -0.25) is 0 Å². The molecule has 0 amide bonds. The van der Waals surface area contributed by atoms with E-state index in [1.807, 2.05) is 0 Å². The van der Waals surface area contributed by atoms with Gasteiger partial charge < -0.3 is 44.8 Å². The Morgan fingerprint density at radius 3 is 0.676 bits per heavy atom. The second-order valence-corrected chi connectivity index (χ2v) is 12.4. The van der Waals surface area contributed by atoms with E-state index in [4.69, 9.17) is 83.8 Å². The van der Waals surface area contributed by atoms with Gasteiger partial charge in [0.15, 0.2) is 4.30 Å². The molecule has 6 heterocycles. The number of aliphatic hydroxyl groups excluding tert-OH is 6. The summed E-state index contributed by atoms with van der Waals surface area (Å²) < 4.78 is 14.8. The van der Waals surface area contributed by atoms with Crippen LogP contribution in [0.1, 0.15) is 0 Å². The van der Waals surface area contributed by atoms with Gasteiger partial charge in [-0.15, -0.1) is 34.8 Å². The maximum absolute atomic E-state index is 9.37. The van der Waals surface area contributed by atoms with Crippen molar-refractivity contribution in [2.45, 2.75) is 93.7 Å². The Morgan fingerprint density at radius 2 is 0.541 bits per heavy atom. The van der Waals surface area contributed by atoms with E-state index < -0.39 is 57.1 Å². The van der Waals surface area contributed by atoms with E-state index in [0.717, 1.165) is 0 Å². The summed E-state index contributed by atoms with van der Waals surface area (Å²) >= 11 is 31.6. The highest BCUT2D eigenvalue weighted by atomic mass is 35.6. The Bertz CT molecular complexity index is 678. The SMILES string of the molecule is ClC(Cl)Cl.O[C@@H]1C(Cl)[C@H](O)[C@@H]2C=C[C@H]1O2.O[C@@H]1C(Cl)[C@H](O)[C@@H]2C=C[C@H]1O2.O[C@@H]1C(Cl)[C@H](O)[C@@H]2C=C[C@H]1O2. The van der Waals surface area contributed by atoms with Crippen molar-refractivity contribution >= 4 is 69.6 Å². The van der Waals surface area contributed by atoms with Gasteiger partial charge in [-0.1, -0.05) is 71.3 Å². The van der Waals surface area contributed by atoms with Gasteiger partial charge in [-0.25, -0.2) is 0 Å². The normalized spacial score (nSPS) is 50.0. The van der Waals surface area contributed by atoms with E-state index in [9.17, 15) is 30.6 Å². The molecule has 9 nitrogen and oxygen atoms in total. The number of aliphatic hydroxyl groups is 6. The van der Waals surface area contributed by atoms with Crippen LogP contribution in [0.5, 0.6) is 0 Å². The molecule has 0 saturated carbocycles. The maximum atomic E-state index is 9.37. The van der Waals surface area contributed by atoms with Crippen molar-refractivity contribution in [3.05, 3.63) is 36.5 Å². The molecule has 0 aromatic carbocycles. The van der Waals surface area contributed by atoms with E-state index in [0.29, 0.717) is 0 Å². The summed E-state index contributed by atoms with van der Waals surface area (Å²) in [6.07, 6.45) is 3.71. The summed E-state index contributed by atoms with van der Waals surface area (Å²) in [5.74, 6) is 0. The fourth-order valence-corrected chi connectivity index (χ4v) is 5.19. The topological polar surface area (TPSA) is 149 Å². The first kappa shape index (κ1) is 32.1. The smallest absolute Gasteiger partial charge is 0.180 e. The van der Waals surface area contributed by atoms with Crippen LogP contribution in [0.3, 0.4) is 0 Å². The third kappa shape index (κ3) is 7.67. The minimum atomic E-state index is -0.790. The van der Waals surface area contributed by atoms with Crippen molar-refractivity contribution in [2.24, 2.45) is 0 Å². The zero-order valence-corrected chi connectivity index (χ0v) is 23.4. The first-order chi connectivity index (χ1) is 17.3. The molecule has 3 fully saturated rings. The van der Waals surface area contributed by atoms with Gasteiger partial charge >= 0.3 is 0 Å². The van der Waals surface area contributed by atoms with Gasteiger partial charge in [-0.05, 0) is 0 Å².